The summed E-state index contributed by atoms with van der Waals surface area (Å²) in [5.41, 5.74) is 5.16. The number of carbonyl (C=O) groups excluding carboxylic acids is 1. The van der Waals surface area contributed by atoms with Gasteiger partial charge < -0.3 is 14.4 Å². The maximum absolute atomic E-state index is 14.0. The number of aryl methyl sites for hydroxylation is 2. The van der Waals surface area contributed by atoms with Crippen LogP contribution in [-0.4, -0.2) is 62.4 Å². The van der Waals surface area contributed by atoms with Gasteiger partial charge in [0.15, 0.2) is 0 Å². The van der Waals surface area contributed by atoms with E-state index >= 15 is 0 Å². The van der Waals surface area contributed by atoms with E-state index in [-0.39, 0.29) is 35.2 Å². The predicted molar refractivity (Wildman–Crippen MR) is 165 cm³/mol. The number of benzene rings is 2. The number of fused-ring (bicyclic) bond motifs is 5. The van der Waals surface area contributed by atoms with Crippen molar-refractivity contribution in [1.29, 1.82) is 0 Å². The van der Waals surface area contributed by atoms with Gasteiger partial charge in [-0.2, -0.15) is 5.10 Å². The molecule has 0 aliphatic carbocycles. The summed E-state index contributed by atoms with van der Waals surface area (Å²) in [6.07, 6.45) is 3.62. The number of likely N-dealkylation sites (N-methyl/N-ethyl adjacent to an activating group) is 1. The van der Waals surface area contributed by atoms with Crippen molar-refractivity contribution in [2.24, 2.45) is 14.1 Å². The Morgan fingerprint density at radius 3 is 2.07 bits per heavy atom. The molecule has 0 radical (unpaired) electrons. The van der Waals surface area contributed by atoms with Gasteiger partial charge in [0.05, 0.1) is 29.1 Å². The minimum Gasteiger partial charge on any atom is -0.353 e. The van der Waals surface area contributed by atoms with Gasteiger partial charge in [0.1, 0.15) is 28.9 Å². The molecule has 224 valence electrons. The zero-order valence-electron chi connectivity index (χ0n) is 24.8. The molecule has 1 amide bonds. The third-order valence-corrected chi connectivity index (χ3v) is 8.92. The van der Waals surface area contributed by atoms with Crippen LogP contribution in [0.2, 0.25) is 0 Å². The Morgan fingerprint density at radius 1 is 0.841 bits per heavy atom. The van der Waals surface area contributed by atoms with Crippen LogP contribution in [0.15, 0.2) is 77.9 Å². The molecule has 0 saturated carbocycles. The smallest absolute Gasteiger partial charge is 0.277 e. The van der Waals surface area contributed by atoms with Crippen LogP contribution >= 0.6 is 0 Å². The normalized spacial score (nSPS) is 18.7. The highest BCUT2D eigenvalue weighted by Gasteiger charge is 2.46. The average Bonchev–Trinajstić information content (AvgIpc) is 3.46. The van der Waals surface area contributed by atoms with E-state index in [1.54, 1.807) is 49.2 Å². The van der Waals surface area contributed by atoms with E-state index in [1.165, 1.54) is 33.7 Å². The number of halogens is 2. The Hall–Kier alpha value is -4.90. The first-order valence-corrected chi connectivity index (χ1v) is 14.5. The lowest BCUT2D eigenvalue weighted by Crippen LogP contribution is -2.66. The number of hydrogen-bond acceptors (Lipinski definition) is 6. The van der Waals surface area contributed by atoms with Crippen LogP contribution in [0.4, 0.5) is 20.2 Å². The van der Waals surface area contributed by atoms with Gasteiger partial charge in [-0.05, 0) is 54.4 Å². The van der Waals surface area contributed by atoms with E-state index < -0.39 is 6.04 Å². The molecule has 5 aromatic rings. The zero-order chi connectivity index (χ0) is 30.9. The molecule has 7 rings (SSSR count). The molecular weight excluding hydrogens is 564 g/mol. The highest BCUT2D eigenvalue weighted by Crippen LogP contribution is 2.42. The van der Waals surface area contributed by atoms with Crippen LogP contribution in [-0.2, 0) is 18.9 Å². The summed E-state index contributed by atoms with van der Waals surface area (Å²) in [4.78, 5) is 38.5. The van der Waals surface area contributed by atoms with Crippen LogP contribution in [0.25, 0.3) is 22.3 Å². The molecule has 3 aromatic heterocycles. The van der Waals surface area contributed by atoms with Crippen LogP contribution in [0, 0.1) is 11.6 Å². The van der Waals surface area contributed by atoms with E-state index in [2.05, 4.69) is 16.9 Å². The molecule has 1 saturated heterocycles. The molecule has 0 unspecified atom stereocenters. The summed E-state index contributed by atoms with van der Waals surface area (Å²) in [7, 11) is 5.17. The summed E-state index contributed by atoms with van der Waals surface area (Å²) in [6.45, 7) is 2.82. The SMILES string of the molecule is C[C@@H]1CN2c3c(c(=O)n(C)c4ccc(-c5cnn(C)c5)nc34)N(C)C(=O)[C@H]2CN1C(c1ccc(F)cc1)c1ccc(F)cc1. The van der Waals surface area contributed by atoms with Gasteiger partial charge in [-0.25, -0.2) is 13.8 Å². The summed E-state index contributed by atoms with van der Waals surface area (Å²) in [5.74, 6) is -0.903. The Morgan fingerprint density at radius 2 is 1.48 bits per heavy atom. The Labute approximate surface area is 252 Å². The predicted octanol–water partition coefficient (Wildman–Crippen LogP) is 4.26. The molecule has 1 fully saturated rings. The quantitative estimate of drug-likeness (QED) is 0.309. The number of pyridine rings is 2. The molecular formula is C33H31F2N7O2. The Kier molecular flexibility index (Phi) is 6.58. The molecule has 2 atom stereocenters. The first kappa shape index (κ1) is 27.9. The Balaban J connectivity index is 1.37. The van der Waals surface area contributed by atoms with Crippen LogP contribution in [0.1, 0.15) is 24.1 Å². The lowest BCUT2D eigenvalue weighted by atomic mass is 9.92. The molecule has 0 N–H and O–H groups in total. The van der Waals surface area contributed by atoms with Crippen molar-refractivity contribution in [1.82, 2.24) is 24.2 Å². The van der Waals surface area contributed by atoms with Crippen molar-refractivity contribution in [3.63, 3.8) is 0 Å². The summed E-state index contributed by atoms with van der Waals surface area (Å²) in [6, 6.07) is 15.2. The third-order valence-electron chi connectivity index (χ3n) is 8.92. The maximum Gasteiger partial charge on any atom is 0.277 e. The minimum atomic E-state index is -0.619. The molecule has 44 heavy (non-hydrogen) atoms. The van der Waals surface area contributed by atoms with E-state index in [0.29, 0.717) is 41.2 Å². The van der Waals surface area contributed by atoms with Crippen molar-refractivity contribution in [3.8, 4) is 11.3 Å². The minimum absolute atomic E-state index is 0.115. The second-order valence-electron chi connectivity index (χ2n) is 11.6. The number of hydrogen-bond donors (Lipinski definition) is 0. The lowest BCUT2D eigenvalue weighted by Gasteiger charge is -2.52. The van der Waals surface area contributed by atoms with E-state index in [4.69, 9.17) is 4.98 Å². The van der Waals surface area contributed by atoms with Crippen LogP contribution < -0.4 is 15.4 Å². The van der Waals surface area contributed by atoms with Gasteiger partial charge in [0, 0.05) is 52.0 Å². The third kappa shape index (κ3) is 4.38. The highest BCUT2D eigenvalue weighted by molar-refractivity contribution is 6.10. The van der Waals surface area contributed by atoms with Crippen molar-refractivity contribution in [2.45, 2.75) is 25.0 Å². The average molecular weight is 596 g/mol. The monoisotopic (exact) mass is 595 g/mol. The number of carbonyl (C=O) groups is 1. The summed E-state index contributed by atoms with van der Waals surface area (Å²) >= 11 is 0. The number of rotatable bonds is 4. The molecule has 5 heterocycles. The topological polar surface area (TPSA) is 79.5 Å². The number of anilines is 2. The molecule has 2 aliphatic rings. The molecule has 0 bridgehead atoms. The van der Waals surface area contributed by atoms with Crippen molar-refractivity contribution >= 4 is 28.3 Å². The largest absolute Gasteiger partial charge is 0.353 e. The van der Waals surface area contributed by atoms with Gasteiger partial charge >= 0.3 is 0 Å². The Bertz CT molecular complexity index is 1920. The standard InChI is InChI=1S/C33H31F2N7O2/c1-19-16-42-27(18-41(19)29(20-5-9-23(34)10-6-20)21-7-11-24(35)12-8-21)32(43)40(4)31-30(42)28-26(39(3)33(31)44)14-13-25(37-28)22-15-36-38(2)17-22/h5-15,17,19,27,29H,16,18H2,1-4H3/t19-,27-/m1/s1. The van der Waals surface area contributed by atoms with Gasteiger partial charge in [0.25, 0.3) is 11.5 Å². The second kappa shape index (κ2) is 10.4. The van der Waals surface area contributed by atoms with Crippen LogP contribution in [0.5, 0.6) is 0 Å². The van der Waals surface area contributed by atoms with Crippen molar-refractivity contribution in [2.75, 3.05) is 29.9 Å². The molecule has 11 heteroatoms. The molecule has 2 aromatic carbocycles. The summed E-state index contributed by atoms with van der Waals surface area (Å²) in [5, 5.41) is 4.29. The second-order valence-corrected chi connectivity index (χ2v) is 11.6. The fourth-order valence-corrected chi connectivity index (χ4v) is 6.68. The fourth-order valence-electron chi connectivity index (χ4n) is 6.68. The van der Waals surface area contributed by atoms with Gasteiger partial charge in [-0.3, -0.25) is 19.2 Å². The zero-order valence-corrected chi connectivity index (χ0v) is 24.8. The van der Waals surface area contributed by atoms with E-state index in [9.17, 15) is 18.4 Å². The fraction of sp³-hybridized carbons (Fsp3) is 0.273. The molecule has 0 spiro atoms. The lowest BCUT2D eigenvalue weighted by molar-refractivity contribution is -0.121. The number of amides is 1. The van der Waals surface area contributed by atoms with Gasteiger partial charge in [0.2, 0.25) is 0 Å². The van der Waals surface area contributed by atoms with E-state index in [0.717, 1.165) is 16.7 Å². The summed E-state index contributed by atoms with van der Waals surface area (Å²) < 4.78 is 31.1. The first-order valence-electron chi connectivity index (χ1n) is 14.5. The maximum atomic E-state index is 14.0. The number of piperazine rings is 1. The van der Waals surface area contributed by atoms with Crippen LogP contribution in [0.3, 0.4) is 0 Å². The van der Waals surface area contributed by atoms with Crippen molar-refractivity contribution in [3.05, 3.63) is 106 Å². The first-order chi connectivity index (χ1) is 21.1. The van der Waals surface area contributed by atoms with Crippen molar-refractivity contribution < 1.29 is 13.6 Å². The highest BCUT2D eigenvalue weighted by atomic mass is 19.1. The van der Waals surface area contributed by atoms with E-state index in [1.807, 2.05) is 30.3 Å². The number of nitrogens with zero attached hydrogens (tertiary/aromatic N) is 7. The van der Waals surface area contributed by atoms with Gasteiger partial charge in [-0.15, -0.1) is 0 Å². The molecule has 9 nitrogen and oxygen atoms in total. The van der Waals surface area contributed by atoms with Gasteiger partial charge in [-0.1, -0.05) is 24.3 Å². The molecule has 2 aliphatic heterocycles. The number of aromatic nitrogens is 4.